The van der Waals surface area contributed by atoms with E-state index in [0.717, 1.165) is 5.69 Å². The van der Waals surface area contributed by atoms with Crippen molar-refractivity contribution in [2.75, 3.05) is 7.11 Å². The average Bonchev–Trinajstić information content (AvgIpc) is 3.04. The number of aromatic nitrogens is 2. The van der Waals surface area contributed by atoms with Crippen molar-refractivity contribution in [2.45, 2.75) is 6.92 Å². The molecule has 124 valence electrons. The van der Waals surface area contributed by atoms with Crippen molar-refractivity contribution in [3.05, 3.63) is 71.5 Å². The van der Waals surface area contributed by atoms with Crippen LogP contribution in [0.2, 0.25) is 0 Å². The summed E-state index contributed by atoms with van der Waals surface area (Å²) < 4.78 is 12.3. The van der Waals surface area contributed by atoms with Gasteiger partial charge < -0.3 is 9.47 Å². The van der Waals surface area contributed by atoms with Crippen molar-refractivity contribution < 1.29 is 14.3 Å². The Labute approximate surface area is 144 Å². The molecule has 0 radical (unpaired) electrons. The SMILES string of the molecule is COc1cc(C#N)ccc1OC(=O)c1cnn(-c2ccccc2)c1C. The third kappa shape index (κ3) is 3.21. The van der Waals surface area contributed by atoms with Crippen molar-refractivity contribution in [3.63, 3.8) is 0 Å². The van der Waals surface area contributed by atoms with E-state index in [4.69, 9.17) is 14.7 Å². The van der Waals surface area contributed by atoms with Gasteiger partial charge in [0.1, 0.15) is 5.56 Å². The maximum Gasteiger partial charge on any atom is 0.347 e. The first-order chi connectivity index (χ1) is 12.1. The largest absolute Gasteiger partial charge is 0.493 e. The summed E-state index contributed by atoms with van der Waals surface area (Å²) in [6.07, 6.45) is 1.47. The molecule has 6 nitrogen and oxygen atoms in total. The molecule has 1 heterocycles. The fourth-order valence-corrected chi connectivity index (χ4v) is 2.42. The predicted octanol–water partition coefficient (Wildman–Crippen LogP) is 3.28. The Bertz CT molecular complexity index is 956. The lowest BCUT2D eigenvalue weighted by Crippen LogP contribution is -2.11. The van der Waals surface area contributed by atoms with E-state index in [-0.39, 0.29) is 5.75 Å². The Balaban J connectivity index is 1.88. The minimum absolute atomic E-state index is 0.248. The molecule has 0 fully saturated rings. The Morgan fingerprint density at radius 1 is 1.16 bits per heavy atom. The van der Waals surface area contributed by atoms with E-state index in [0.29, 0.717) is 22.6 Å². The van der Waals surface area contributed by atoms with Gasteiger partial charge in [-0.3, -0.25) is 0 Å². The Morgan fingerprint density at radius 3 is 2.60 bits per heavy atom. The first kappa shape index (κ1) is 16.3. The molecule has 0 saturated heterocycles. The number of carbonyl (C=O) groups excluding carboxylic acids is 1. The van der Waals surface area contributed by atoms with Crippen molar-refractivity contribution in [2.24, 2.45) is 0 Å². The van der Waals surface area contributed by atoms with Gasteiger partial charge >= 0.3 is 5.97 Å². The van der Waals surface area contributed by atoms with Gasteiger partial charge in [-0.1, -0.05) is 18.2 Å². The van der Waals surface area contributed by atoms with Crippen molar-refractivity contribution in [3.8, 4) is 23.3 Å². The number of hydrogen-bond donors (Lipinski definition) is 0. The number of nitrogens with zero attached hydrogens (tertiary/aromatic N) is 3. The molecule has 1 aromatic heterocycles. The lowest BCUT2D eigenvalue weighted by molar-refractivity contribution is 0.0729. The molecular weight excluding hydrogens is 318 g/mol. The van der Waals surface area contributed by atoms with E-state index < -0.39 is 5.97 Å². The second kappa shape index (κ2) is 6.89. The van der Waals surface area contributed by atoms with Crippen LogP contribution in [0.1, 0.15) is 21.6 Å². The van der Waals surface area contributed by atoms with Gasteiger partial charge in [0.05, 0.1) is 36.3 Å². The highest BCUT2D eigenvalue weighted by atomic mass is 16.6. The molecular formula is C19H15N3O3. The molecule has 0 atom stereocenters. The molecule has 0 amide bonds. The van der Waals surface area contributed by atoms with E-state index in [1.54, 1.807) is 17.7 Å². The van der Waals surface area contributed by atoms with E-state index in [9.17, 15) is 4.79 Å². The minimum Gasteiger partial charge on any atom is -0.493 e. The molecule has 2 aromatic carbocycles. The molecule has 0 aliphatic rings. The zero-order chi connectivity index (χ0) is 17.8. The van der Waals surface area contributed by atoms with Crippen LogP contribution in [0.15, 0.2) is 54.7 Å². The van der Waals surface area contributed by atoms with E-state index in [1.807, 2.05) is 36.4 Å². The molecule has 6 heteroatoms. The fourth-order valence-electron chi connectivity index (χ4n) is 2.42. The summed E-state index contributed by atoms with van der Waals surface area (Å²) >= 11 is 0. The van der Waals surface area contributed by atoms with Crippen LogP contribution in [0.5, 0.6) is 11.5 Å². The van der Waals surface area contributed by atoms with Gasteiger partial charge in [-0.25, -0.2) is 9.48 Å². The van der Waals surface area contributed by atoms with Crippen LogP contribution in [-0.4, -0.2) is 22.9 Å². The van der Waals surface area contributed by atoms with Crippen LogP contribution in [0.4, 0.5) is 0 Å². The van der Waals surface area contributed by atoms with Crippen LogP contribution in [0.25, 0.3) is 5.69 Å². The molecule has 0 unspecified atom stereocenters. The molecule has 0 bridgehead atoms. The molecule has 0 spiro atoms. The summed E-state index contributed by atoms with van der Waals surface area (Å²) in [7, 11) is 1.45. The highest BCUT2D eigenvalue weighted by Crippen LogP contribution is 2.29. The monoisotopic (exact) mass is 333 g/mol. The van der Waals surface area contributed by atoms with Crippen LogP contribution >= 0.6 is 0 Å². The second-order valence-electron chi connectivity index (χ2n) is 5.26. The average molecular weight is 333 g/mol. The zero-order valence-corrected chi connectivity index (χ0v) is 13.8. The van der Waals surface area contributed by atoms with E-state index >= 15 is 0 Å². The summed E-state index contributed by atoms with van der Waals surface area (Å²) in [5, 5.41) is 13.2. The smallest absolute Gasteiger partial charge is 0.347 e. The number of carbonyl (C=O) groups is 1. The molecule has 3 aromatic rings. The number of nitriles is 1. The summed E-state index contributed by atoms with van der Waals surface area (Å²) in [5.74, 6) is 0.0292. The molecule has 0 aliphatic carbocycles. The van der Waals surface area contributed by atoms with Gasteiger partial charge in [-0.15, -0.1) is 0 Å². The minimum atomic E-state index is -0.539. The molecule has 3 rings (SSSR count). The van der Waals surface area contributed by atoms with Crippen LogP contribution in [0, 0.1) is 18.3 Å². The van der Waals surface area contributed by atoms with Gasteiger partial charge in [-0.05, 0) is 31.2 Å². The van der Waals surface area contributed by atoms with Crippen molar-refractivity contribution in [1.82, 2.24) is 9.78 Å². The van der Waals surface area contributed by atoms with Gasteiger partial charge in [0, 0.05) is 6.07 Å². The highest BCUT2D eigenvalue weighted by Gasteiger charge is 2.19. The lowest BCUT2D eigenvalue weighted by atomic mass is 10.2. The molecule has 0 N–H and O–H groups in total. The number of methoxy groups -OCH3 is 1. The number of para-hydroxylation sites is 1. The Morgan fingerprint density at radius 2 is 1.92 bits per heavy atom. The summed E-state index contributed by atoms with van der Waals surface area (Å²) in [6, 6.07) is 16.1. The zero-order valence-electron chi connectivity index (χ0n) is 13.8. The standard InChI is InChI=1S/C19H15N3O3/c1-13-16(12-21-22(13)15-6-4-3-5-7-15)19(23)25-17-9-8-14(11-20)10-18(17)24-2/h3-10,12H,1-2H3. The van der Waals surface area contributed by atoms with Crippen molar-refractivity contribution in [1.29, 1.82) is 5.26 Å². The quantitative estimate of drug-likeness (QED) is 0.541. The third-order valence-corrected chi connectivity index (χ3v) is 3.73. The normalized spacial score (nSPS) is 10.1. The van der Waals surface area contributed by atoms with Gasteiger partial charge in [0.25, 0.3) is 0 Å². The maximum atomic E-state index is 12.5. The van der Waals surface area contributed by atoms with E-state index in [2.05, 4.69) is 5.10 Å². The van der Waals surface area contributed by atoms with Crippen LogP contribution in [0.3, 0.4) is 0 Å². The predicted molar refractivity (Wildman–Crippen MR) is 91.0 cm³/mol. The summed E-state index contributed by atoms with van der Waals surface area (Å²) in [6.45, 7) is 1.80. The summed E-state index contributed by atoms with van der Waals surface area (Å²) in [4.78, 5) is 12.5. The third-order valence-electron chi connectivity index (χ3n) is 3.73. The lowest BCUT2D eigenvalue weighted by Gasteiger charge is -2.09. The Kier molecular flexibility index (Phi) is 4.48. The second-order valence-corrected chi connectivity index (χ2v) is 5.26. The van der Waals surface area contributed by atoms with Gasteiger partial charge in [0.2, 0.25) is 0 Å². The first-order valence-electron chi connectivity index (χ1n) is 7.54. The number of hydrogen-bond acceptors (Lipinski definition) is 5. The number of benzene rings is 2. The van der Waals surface area contributed by atoms with Gasteiger partial charge in [0.15, 0.2) is 11.5 Å². The summed E-state index contributed by atoms with van der Waals surface area (Å²) in [5.41, 5.74) is 2.30. The number of ether oxygens (including phenoxy) is 2. The maximum absolute atomic E-state index is 12.5. The van der Waals surface area contributed by atoms with Crippen LogP contribution < -0.4 is 9.47 Å². The number of esters is 1. The van der Waals surface area contributed by atoms with Crippen LogP contribution in [-0.2, 0) is 0 Å². The first-order valence-corrected chi connectivity index (χ1v) is 7.54. The highest BCUT2D eigenvalue weighted by molar-refractivity contribution is 5.92. The molecule has 0 saturated carbocycles. The molecule has 0 aliphatic heterocycles. The fraction of sp³-hybridized carbons (Fsp3) is 0.105. The molecule has 25 heavy (non-hydrogen) atoms. The topological polar surface area (TPSA) is 77.1 Å². The van der Waals surface area contributed by atoms with Gasteiger partial charge in [-0.2, -0.15) is 10.4 Å². The number of rotatable bonds is 4. The Hall–Kier alpha value is -3.59. The van der Waals surface area contributed by atoms with E-state index in [1.165, 1.54) is 25.4 Å². The van der Waals surface area contributed by atoms with Crippen molar-refractivity contribution >= 4 is 5.97 Å².